The fourth-order valence-electron chi connectivity index (χ4n) is 2.57. The Balaban J connectivity index is 1.68. The van der Waals surface area contributed by atoms with Crippen LogP contribution in [-0.2, 0) is 14.8 Å². The Morgan fingerprint density at radius 3 is 2.50 bits per heavy atom. The number of aryl methyl sites for hydroxylation is 2. The molecular weight excluding hydrogens is 408 g/mol. The highest BCUT2D eigenvalue weighted by Gasteiger charge is 2.15. The molecule has 0 atom stereocenters. The van der Waals surface area contributed by atoms with E-state index in [0.717, 1.165) is 16.4 Å². The first-order valence-corrected chi connectivity index (χ1v) is 10.8. The van der Waals surface area contributed by atoms with Crippen LogP contribution in [0.3, 0.4) is 0 Å². The second-order valence-corrected chi connectivity index (χ2v) is 8.74. The van der Waals surface area contributed by atoms with E-state index < -0.39 is 15.9 Å². The molecule has 0 fully saturated rings. The van der Waals surface area contributed by atoms with Crippen molar-refractivity contribution in [3.8, 4) is 17.4 Å². The van der Waals surface area contributed by atoms with Crippen molar-refractivity contribution < 1.29 is 17.9 Å². The van der Waals surface area contributed by atoms with Crippen molar-refractivity contribution in [1.29, 1.82) is 0 Å². The van der Waals surface area contributed by atoms with Gasteiger partial charge in [0.1, 0.15) is 23.2 Å². The largest absolute Gasteiger partial charge is 0.439 e. The highest BCUT2D eigenvalue weighted by atomic mass is 32.2. The minimum absolute atomic E-state index is 0.270. The van der Waals surface area contributed by atoms with Gasteiger partial charge in [0.15, 0.2) is 0 Å². The molecule has 0 aliphatic rings. The first-order chi connectivity index (χ1) is 14.1. The lowest BCUT2D eigenvalue weighted by Gasteiger charge is -2.14. The fraction of sp³-hybridized carbons (Fsp3) is 0.263. The van der Waals surface area contributed by atoms with Crippen LogP contribution in [0.15, 0.2) is 42.7 Å². The molecule has 30 heavy (non-hydrogen) atoms. The second-order valence-electron chi connectivity index (χ2n) is 6.65. The molecule has 0 bridgehead atoms. The van der Waals surface area contributed by atoms with Crippen LogP contribution < -0.4 is 10.1 Å². The van der Waals surface area contributed by atoms with E-state index >= 15 is 0 Å². The number of carbonyl (C=O) groups excluding carboxylic acids is 1. The standard InChI is InChI=1S/C19H22N6O4S/c1-13-21-17(25-10-9-20-14(25)2)11-19(22-13)29-16-7-5-15(6-8-16)23-18(26)12-24(3)30(4,27)28/h5-11H,12H2,1-4H3,(H,23,26). The molecule has 0 unspecified atom stereocenters. The smallest absolute Gasteiger partial charge is 0.239 e. The number of sulfonamides is 1. The molecule has 2 heterocycles. The van der Waals surface area contributed by atoms with Gasteiger partial charge >= 0.3 is 0 Å². The average molecular weight is 430 g/mol. The van der Waals surface area contributed by atoms with Crippen LogP contribution in [0, 0.1) is 13.8 Å². The Morgan fingerprint density at radius 1 is 1.20 bits per heavy atom. The maximum absolute atomic E-state index is 12.0. The third-order valence-electron chi connectivity index (χ3n) is 4.17. The van der Waals surface area contributed by atoms with Gasteiger partial charge in [-0.2, -0.15) is 9.29 Å². The molecule has 1 N–H and O–H groups in total. The lowest BCUT2D eigenvalue weighted by molar-refractivity contribution is -0.116. The summed E-state index contributed by atoms with van der Waals surface area (Å²) < 4.78 is 31.4. The number of rotatable bonds is 7. The van der Waals surface area contributed by atoms with Gasteiger partial charge in [-0.15, -0.1) is 0 Å². The van der Waals surface area contributed by atoms with Crippen molar-refractivity contribution >= 4 is 21.6 Å². The van der Waals surface area contributed by atoms with Gasteiger partial charge in [-0.3, -0.25) is 9.36 Å². The van der Waals surface area contributed by atoms with E-state index in [4.69, 9.17) is 4.74 Å². The number of nitrogens with zero attached hydrogens (tertiary/aromatic N) is 5. The van der Waals surface area contributed by atoms with E-state index in [1.165, 1.54) is 7.05 Å². The lowest BCUT2D eigenvalue weighted by atomic mass is 10.3. The SMILES string of the molecule is Cc1nc(Oc2ccc(NC(=O)CN(C)S(C)(=O)=O)cc2)cc(-n2ccnc2C)n1. The minimum atomic E-state index is -3.42. The normalized spacial score (nSPS) is 11.5. The van der Waals surface area contributed by atoms with Crippen LogP contribution >= 0.6 is 0 Å². The van der Waals surface area contributed by atoms with Gasteiger partial charge in [-0.05, 0) is 38.1 Å². The van der Waals surface area contributed by atoms with Crippen molar-refractivity contribution in [2.24, 2.45) is 0 Å². The summed E-state index contributed by atoms with van der Waals surface area (Å²) in [5, 5.41) is 2.64. The zero-order valence-corrected chi connectivity index (χ0v) is 17.8. The van der Waals surface area contributed by atoms with Crippen molar-refractivity contribution in [1.82, 2.24) is 23.8 Å². The van der Waals surface area contributed by atoms with Crippen LogP contribution in [0.5, 0.6) is 11.6 Å². The number of carbonyl (C=O) groups is 1. The van der Waals surface area contributed by atoms with E-state index in [1.54, 1.807) is 49.6 Å². The van der Waals surface area contributed by atoms with Crippen LogP contribution in [0.1, 0.15) is 11.6 Å². The van der Waals surface area contributed by atoms with E-state index in [9.17, 15) is 13.2 Å². The third-order valence-corrected chi connectivity index (χ3v) is 5.43. The highest BCUT2D eigenvalue weighted by Crippen LogP contribution is 2.23. The highest BCUT2D eigenvalue weighted by molar-refractivity contribution is 7.88. The quantitative estimate of drug-likeness (QED) is 0.608. The molecular formula is C19H22N6O4S. The number of hydrogen-bond acceptors (Lipinski definition) is 7. The van der Waals surface area contributed by atoms with Crippen molar-refractivity contribution in [2.75, 3.05) is 25.2 Å². The number of hydrogen-bond donors (Lipinski definition) is 1. The molecule has 2 aromatic heterocycles. The molecule has 3 aromatic rings. The number of amides is 1. The van der Waals surface area contributed by atoms with Crippen molar-refractivity contribution in [3.05, 3.63) is 54.4 Å². The first-order valence-electron chi connectivity index (χ1n) is 8.97. The average Bonchev–Trinajstić information content (AvgIpc) is 3.08. The number of imidazole rings is 1. The van der Waals surface area contributed by atoms with Gasteiger partial charge in [-0.1, -0.05) is 0 Å². The maximum Gasteiger partial charge on any atom is 0.239 e. The molecule has 158 valence electrons. The predicted octanol–water partition coefficient (Wildman–Crippen LogP) is 1.90. The molecule has 0 saturated carbocycles. The van der Waals surface area contributed by atoms with Crippen molar-refractivity contribution in [2.45, 2.75) is 13.8 Å². The van der Waals surface area contributed by atoms with E-state index in [-0.39, 0.29) is 6.54 Å². The number of ether oxygens (including phenoxy) is 1. The molecule has 0 radical (unpaired) electrons. The summed E-state index contributed by atoms with van der Waals surface area (Å²) in [4.78, 5) is 24.9. The Morgan fingerprint density at radius 2 is 1.90 bits per heavy atom. The summed E-state index contributed by atoms with van der Waals surface area (Å²) in [5.74, 6) is 2.44. The van der Waals surface area contributed by atoms with E-state index in [0.29, 0.717) is 29.0 Å². The summed E-state index contributed by atoms with van der Waals surface area (Å²) in [6.45, 7) is 3.38. The van der Waals surface area contributed by atoms with Gasteiger partial charge < -0.3 is 10.1 Å². The third kappa shape index (κ3) is 5.39. The minimum Gasteiger partial charge on any atom is -0.439 e. The van der Waals surface area contributed by atoms with Crippen molar-refractivity contribution in [3.63, 3.8) is 0 Å². The second kappa shape index (κ2) is 8.59. The Kier molecular flexibility index (Phi) is 6.13. The Hall–Kier alpha value is -3.31. The Labute approximate surface area is 174 Å². The van der Waals surface area contributed by atoms with Crippen LogP contribution in [-0.4, -0.2) is 58.0 Å². The number of likely N-dealkylation sites (N-methyl/N-ethyl adjacent to an activating group) is 1. The predicted molar refractivity (Wildman–Crippen MR) is 111 cm³/mol. The number of nitrogens with one attached hydrogen (secondary N) is 1. The number of aromatic nitrogens is 4. The van der Waals surface area contributed by atoms with Gasteiger partial charge in [0, 0.05) is 31.2 Å². The maximum atomic E-state index is 12.0. The summed E-state index contributed by atoms with van der Waals surface area (Å²) in [6, 6.07) is 8.37. The van der Waals surface area contributed by atoms with E-state index in [2.05, 4.69) is 20.3 Å². The molecule has 1 amide bonds. The molecule has 10 nitrogen and oxygen atoms in total. The molecule has 3 rings (SSSR count). The number of anilines is 1. The van der Waals surface area contributed by atoms with Gasteiger partial charge in [-0.25, -0.2) is 18.4 Å². The van der Waals surface area contributed by atoms with Crippen LogP contribution in [0.4, 0.5) is 5.69 Å². The molecule has 0 aliphatic carbocycles. The van der Waals surface area contributed by atoms with Gasteiger partial charge in [0.05, 0.1) is 12.8 Å². The monoisotopic (exact) mass is 430 g/mol. The zero-order chi connectivity index (χ0) is 21.9. The molecule has 0 spiro atoms. The Bertz CT molecular complexity index is 1160. The summed E-state index contributed by atoms with van der Waals surface area (Å²) in [7, 11) is -2.08. The number of benzene rings is 1. The molecule has 0 aliphatic heterocycles. The molecule has 1 aromatic carbocycles. The fourth-order valence-corrected chi connectivity index (χ4v) is 2.92. The topological polar surface area (TPSA) is 119 Å². The summed E-state index contributed by atoms with van der Waals surface area (Å²) in [5.41, 5.74) is 0.517. The van der Waals surface area contributed by atoms with Crippen LogP contribution in [0.2, 0.25) is 0 Å². The zero-order valence-electron chi connectivity index (χ0n) is 17.0. The summed E-state index contributed by atoms with van der Waals surface area (Å²) >= 11 is 0. The molecule has 11 heteroatoms. The molecule has 0 saturated heterocycles. The van der Waals surface area contributed by atoms with Gasteiger partial charge in [0.25, 0.3) is 0 Å². The van der Waals surface area contributed by atoms with E-state index in [1.807, 2.05) is 11.5 Å². The lowest BCUT2D eigenvalue weighted by Crippen LogP contribution is -2.34. The van der Waals surface area contributed by atoms with Gasteiger partial charge in [0.2, 0.25) is 21.8 Å². The van der Waals surface area contributed by atoms with Crippen LogP contribution in [0.25, 0.3) is 5.82 Å². The first kappa shape index (κ1) is 21.4. The summed E-state index contributed by atoms with van der Waals surface area (Å²) in [6.07, 6.45) is 4.54.